The summed E-state index contributed by atoms with van der Waals surface area (Å²) < 4.78 is 12.5. The van der Waals surface area contributed by atoms with Crippen molar-refractivity contribution in [2.24, 2.45) is 0 Å². The Balaban J connectivity index is 1.63. The molecule has 1 amide bonds. The Bertz CT molecular complexity index is 945. The summed E-state index contributed by atoms with van der Waals surface area (Å²) in [6.45, 7) is 6.75. The van der Waals surface area contributed by atoms with Crippen molar-refractivity contribution in [1.29, 1.82) is 0 Å². The number of carbonyl (C=O) groups excluding carboxylic acids is 3. The molecule has 7 heteroatoms. The number of hydrogen-bond donors (Lipinski definition) is 0. The summed E-state index contributed by atoms with van der Waals surface area (Å²) in [5.41, 5.74) is 3.45. The van der Waals surface area contributed by atoms with Gasteiger partial charge in [0.2, 0.25) is 11.7 Å². The van der Waals surface area contributed by atoms with Gasteiger partial charge in [-0.2, -0.15) is 0 Å². The van der Waals surface area contributed by atoms with Gasteiger partial charge in [0.1, 0.15) is 0 Å². The van der Waals surface area contributed by atoms with Crippen LogP contribution in [0.1, 0.15) is 57.9 Å². The number of ketones is 1. The van der Waals surface area contributed by atoms with Gasteiger partial charge < -0.3 is 18.9 Å². The number of carbonyl (C=O) groups is 3. The second-order valence-electron chi connectivity index (χ2n) is 7.65. The zero-order valence-electron chi connectivity index (χ0n) is 17.9. The Kier molecular flexibility index (Phi) is 6.72. The summed E-state index contributed by atoms with van der Waals surface area (Å²) in [6.07, 6.45) is 1.40. The predicted octanol–water partition coefficient (Wildman–Crippen LogP) is 3.48. The normalized spacial score (nSPS) is 14.8. The minimum absolute atomic E-state index is 0.0911. The average Bonchev–Trinajstić information content (AvgIpc) is 3.28. The molecule has 1 aliphatic heterocycles. The fourth-order valence-corrected chi connectivity index (χ4v) is 4.04. The molecule has 0 spiro atoms. The molecule has 160 valence electrons. The minimum Gasteiger partial charge on any atom is -0.454 e. The fraction of sp³-hybridized carbons (Fsp3) is 0.435. The third kappa shape index (κ3) is 4.46. The van der Waals surface area contributed by atoms with Crippen LogP contribution in [0, 0.1) is 13.8 Å². The number of Topliss-reactive ketones (excluding diaryl/α,β-unsaturated/α-hetero) is 1. The quantitative estimate of drug-likeness (QED) is 0.490. The fourth-order valence-electron chi connectivity index (χ4n) is 4.04. The summed E-state index contributed by atoms with van der Waals surface area (Å²) >= 11 is 0. The molecule has 1 aliphatic rings. The summed E-state index contributed by atoms with van der Waals surface area (Å²) in [5, 5.41) is 0. The monoisotopic (exact) mass is 412 g/mol. The van der Waals surface area contributed by atoms with Crippen molar-refractivity contribution < 1.29 is 23.9 Å². The van der Waals surface area contributed by atoms with Crippen LogP contribution in [-0.4, -0.2) is 49.1 Å². The molecular weight excluding hydrogens is 384 g/mol. The van der Waals surface area contributed by atoms with E-state index in [1.165, 1.54) is 0 Å². The second kappa shape index (κ2) is 9.26. The third-order valence-corrected chi connectivity index (χ3v) is 5.46. The Morgan fingerprint density at radius 1 is 1.17 bits per heavy atom. The van der Waals surface area contributed by atoms with E-state index in [-0.39, 0.29) is 24.3 Å². The van der Waals surface area contributed by atoms with Crippen molar-refractivity contribution in [2.75, 3.05) is 31.8 Å². The van der Waals surface area contributed by atoms with Crippen LogP contribution in [0.25, 0.3) is 0 Å². The van der Waals surface area contributed by atoms with Gasteiger partial charge in [-0.05, 0) is 57.5 Å². The van der Waals surface area contributed by atoms with E-state index in [0.29, 0.717) is 30.7 Å². The number of nitrogens with zero attached hydrogens (tertiary/aromatic N) is 2. The number of hydrogen-bond acceptors (Lipinski definition) is 5. The van der Waals surface area contributed by atoms with Gasteiger partial charge in [-0.25, -0.2) is 4.79 Å². The highest BCUT2D eigenvalue weighted by Crippen LogP contribution is 2.23. The number of ether oxygens (including phenoxy) is 2. The van der Waals surface area contributed by atoms with Crippen LogP contribution in [0.15, 0.2) is 30.3 Å². The van der Waals surface area contributed by atoms with E-state index in [2.05, 4.69) is 4.57 Å². The molecule has 3 rings (SSSR count). The van der Waals surface area contributed by atoms with Gasteiger partial charge in [0.25, 0.3) is 0 Å². The van der Waals surface area contributed by atoms with Crippen molar-refractivity contribution in [3.8, 4) is 0 Å². The highest BCUT2D eigenvalue weighted by molar-refractivity contribution is 6.00. The van der Waals surface area contributed by atoms with E-state index in [0.717, 1.165) is 23.5 Å². The number of rotatable bonds is 8. The van der Waals surface area contributed by atoms with Gasteiger partial charge >= 0.3 is 5.97 Å². The molecule has 0 N–H and O–H groups in total. The zero-order chi connectivity index (χ0) is 21.8. The first kappa shape index (κ1) is 21.8. The Morgan fingerprint density at radius 2 is 1.87 bits per heavy atom. The second-order valence-corrected chi connectivity index (χ2v) is 7.65. The first-order valence-electron chi connectivity index (χ1n) is 10.1. The van der Waals surface area contributed by atoms with Crippen molar-refractivity contribution in [3.05, 3.63) is 52.8 Å². The molecule has 7 nitrogen and oxygen atoms in total. The molecule has 0 bridgehead atoms. The molecular formula is C23H28N2O5. The zero-order valence-corrected chi connectivity index (χ0v) is 17.9. The number of esters is 1. The van der Waals surface area contributed by atoms with E-state index in [1.807, 2.05) is 26.8 Å². The SMILES string of the molecule is COCC(C)n1c(C)cc(C(=O)COC(=O)c2ccc(N3CCCC3=O)cc2)c1C. The van der Waals surface area contributed by atoms with Gasteiger partial charge in [-0.15, -0.1) is 0 Å². The van der Waals surface area contributed by atoms with Crippen molar-refractivity contribution in [2.45, 2.75) is 39.7 Å². The number of aryl methyl sites for hydroxylation is 1. The molecule has 1 saturated heterocycles. The van der Waals surface area contributed by atoms with Gasteiger partial charge in [0.15, 0.2) is 6.61 Å². The first-order chi connectivity index (χ1) is 14.3. The molecule has 2 aromatic rings. The van der Waals surface area contributed by atoms with Crippen molar-refractivity contribution in [1.82, 2.24) is 4.57 Å². The summed E-state index contributed by atoms with van der Waals surface area (Å²) in [6, 6.07) is 8.61. The van der Waals surface area contributed by atoms with Crippen LogP contribution in [0.3, 0.4) is 0 Å². The standard InChI is InChI=1S/C23H28N2O5/c1-15-12-20(17(3)25(15)16(2)13-29-4)21(26)14-30-23(28)18-7-9-19(10-8-18)24-11-5-6-22(24)27/h7-10,12,16H,5-6,11,13-14H2,1-4H3. The lowest BCUT2D eigenvalue weighted by Crippen LogP contribution is -2.23. The van der Waals surface area contributed by atoms with Crippen molar-refractivity contribution in [3.63, 3.8) is 0 Å². The van der Waals surface area contributed by atoms with Gasteiger partial charge in [-0.3, -0.25) is 9.59 Å². The molecule has 1 fully saturated rings. The molecule has 1 atom stereocenters. The van der Waals surface area contributed by atoms with E-state index in [9.17, 15) is 14.4 Å². The van der Waals surface area contributed by atoms with Gasteiger partial charge in [0, 0.05) is 42.7 Å². The molecule has 0 aliphatic carbocycles. The Morgan fingerprint density at radius 3 is 2.47 bits per heavy atom. The topological polar surface area (TPSA) is 77.8 Å². The summed E-state index contributed by atoms with van der Waals surface area (Å²) in [5.74, 6) is -0.718. The van der Waals surface area contributed by atoms with E-state index < -0.39 is 5.97 Å². The van der Waals surface area contributed by atoms with Crippen LogP contribution in [0.2, 0.25) is 0 Å². The maximum absolute atomic E-state index is 12.6. The minimum atomic E-state index is -0.566. The van der Waals surface area contributed by atoms with Gasteiger partial charge in [-0.1, -0.05) is 0 Å². The van der Waals surface area contributed by atoms with Crippen LogP contribution < -0.4 is 4.90 Å². The number of amides is 1. The Labute approximate surface area is 176 Å². The van der Waals surface area contributed by atoms with Crippen LogP contribution in [0.5, 0.6) is 0 Å². The van der Waals surface area contributed by atoms with E-state index >= 15 is 0 Å². The lowest BCUT2D eigenvalue weighted by molar-refractivity contribution is -0.117. The van der Waals surface area contributed by atoms with Crippen LogP contribution in [0.4, 0.5) is 5.69 Å². The van der Waals surface area contributed by atoms with E-state index in [4.69, 9.17) is 9.47 Å². The third-order valence-electron chi connectivity index (χ3n) is 5.46. The molecule has 0 radical (unpaired) electrons. The molecule has 0 saturated carbocycles. The largest absolute Gasteiger partial charge is 0.454 e. The first-order valence-corrected chi connectivity index (χ1v) is 10.1. The number of aromatic nitrogens is 1. The molecule has 1 unspecified atom stereocenters. The molecule has 30 heavy (non-hydrogen) atoms. The van der Waals surface area contributed by atoms with Crippen LogP contribution >= 0.6 is 0 Å². The van der Waals surface area contributed by atoms with Crippen molar-refractivity contribution >= 4 is 23.3 Å². The summed E-state index contributed by atoms with van der Waals surface area (Å²) in [7, 11) is 1.64. The smallest absolute Gasteiger partial charge is 0.338 e. The molecule has 2 heterocycles. The van der Waals surface area contributed by atoms with Crippen LogP contribution in [-0.2, 0) is 14.3 Å². The summed E-state index contributed by atoms with van der Waals surface area (Å²) in [4.78, 5) is 38.5. The van der Waals surface area contributed by atoms with E-state index in [1.54, 1.807) is 36.3 Å². The predicted molar refractivity (Wildman–Crippen MR) is 113 cm³/mol. The Hall–Kier alpha value is -2.93. The van der Waals surface area contributed by atoms with Gasteiger partial charge in [0.05, 0.1) is 18.2 Å². The lowest BCUT2D eigenvalue weighted by Gasteiger charge is -2.17. The number of benzene rings is 1. The molecule has 1 aromatic carbocycles. The maximum atomic E-state index is 12.6. The highest BCUT2D eigenvalue weighted by Gasteiger charge is 2.23. The maximum Gasteiger partial charge on any atom is 0.338 e. The highest BCUT2D eigenvalue weighted by atomic mass is 16.5. The number of anilines is 1. The number of methoxy groups -OCH3 is 1. The average molecular weight is 412 g/mol. The lowest BCUT2D eigenvalue weighted by atomic mass is 10.1. The molecule has 1 aromatic heterocycles.